The topological polar surface area (TPSA) is 117 Å². The van der Waals surface area contributed by atoms with Gasteiger partial charge in [-0.2, -0.15) is 4.98 Å². The van der Waals surface area contributed by atoms with Gasteiger partial charge in [0.15, 0.2) is 0 Å². The van der Waals surface area contributed by atoms with Crippen LogP contribution >= 0.6 is 11.6 Å². The van der Waals surface area contributed by atoms with E-state index in [0.29, 0.717) is 11.4 Å². The third kappa shape index (κ3) is 4.18. The number of aliphatic hydroxyl groups is 2. The molecule has 5 N–H and O–H groups in total. The van der Waals surface area contributed by atoms with E-state index in [0.717, 1.165) is 24.8 Å². The van der Waals surface area contributed by atoms with Gasteiger partial charge in [-0.1, -0.05) is 17.7 Å². The molecule has 2 aromatic rings. The van der Waals surface area contributed by atoms with Crippen molar-refractivity contribution >= 4 is 35.2 Å². The van der Waals surface area contributed by atoms with Crippen LogP contribution in [-0.2, 0) is 0 Å². The Morgan fingerprint density at radius 3 is 2.92 bits per heavy atom. The molecule has 2 unspecified atom stereocenters. The zero-order valence-electron chi connectivity index (χ0n) is 13.6. The number of aromatic nitrogens is 3. The van der Waals surface area contributed by atoms with Gasteiger partial charge in [-0.15, -0.1) is 0 Å². The van der Waals surface area contributed by atoms with Gasteiger partial charge in [-0.25, -0.2) is 4.98 Å². The van der Waals surface area contributed by atoms with Gasteiger partial charge in [0.1, 0.15) is 16.7 Å². The summed E-state index contributed by atoms with van der Waals surface area (Å²) < 4.78 is 0. The zero-order chi connectivity index (χ0) is 17.8. The zero-order valence-corrected chi connectivity index (χ0v) is 14.3. The van der Waals surface area contributed by atoms with Gasteiger partial charge in [0.25, 0.3) is 0 Å². The number of nitrogen functional groups attached to an aromatic ring is 1. The average molecular weight is 362 g/mol. The summed E-state index contributed by atoms with van der Waals surface area (Å²) >= 11 is 6.21. The molecule has 2 atom stereocenters. The molecule has 0 aromatic carbocycles. The minimum atomic E-state index is -0.0720. The minimum Gasteiger partial charge on any atom is -0.507 e. The van der Waals surface area contributed by atoms with Gasteiger partial charge in [0.2, 0.25) is 5.95 Å². The maximum Gasteiger partial charge on any atom is 0.223 e. The molecule has 132 valence electrons. The summed E-state index contributed by atoms with van der Waals surface area (Å²) in [6.45, 7) is 0.171. The predicted octanol–water partition coefficient (Wildman–Crippen LogP) is 2.74. The Bertz CT molecular complexity index is 769. The van der Waals surface area contributed by atoms with Crippen molar-refractivity contribution in [2.45, 2.75) is 25.3 Å². The van der Waals surface area contributed by atoms with E-state index < -0.39 is 0 Å². The molecular formula is C17H20ClN5O2. The van der Waals surface area contributed by atoms with Crippen LogP contribution in [0.5, 0.6) is 0 Å². The molecule has 7 nitrogen and oxygen atoms in total. The fourth-order valence-corrected chi connectivity index (χ4v) is 3.31. The SMILES string of the molecule is Nc1nc(Cl)c(/C(O)=C/c2cccnc2)c(NC2CCC(CO)C2)n1. The summed E-state index contributed by atoms with van der Waals surface area (Å²) in [5, 5.41) is 23.2. The number of nitrogens with two attached hydrogens (primary N) is 1. The van der Waals surface area contributed by atoms with Crippen LogP contribution in [0.1, 0.15) is 30.4 Å². The molecule has 1 saturated carbocycles. The van der Waals surface area contributed by atoms with Crippen molar-refractivity contribution in [3.63, 3.8) is 0 Å². The van der Waals surface area contributed by atoms with Crippen LogP contribution in [0.25, 0.3) is 11.8 Å². The molecule has 8 heteroatoms. The predicted molar refractivity (Wildman–Crippen MR) is 98.0 cm³/mol. The first-order chi connectivity index (χ1) is 12.1. The quantitative estimate of drug-likeness (QED) is 0.477. The highest BCUT2D eigenvalue weighted by Gasteiger charge is 2.26. The molecule has 0 amide bonds. The molecule has 2 aromatic heterocycles. The van der Waals surface area contributed by atoms with Gasteiger partial charge in [0, 0.05) is 25.0 Å². The van der Waals surface area contributed by atoms with E-state index in [-0.39, 0.29) is 35.4 Å². The molecule has 0 saturated heterocycles. The Morgan fingerprint density at radius 2 is 2.24 bits per heavy atom. The lowest BCUT2D eigenvalue weighted by atomic mass is 10.1. The molecule has 3 rings (SSSR count). The van der Waals surface area contributed by atoms with Crippen molar-refractivity contribution in [3.8, 4) is 0 Å². The Labute approximate surface area is 150 Å². The third-order valence-electron chi connectivity index (χ3n) is 4.27. The standard InChI is InChI=1S/C17H20ClN5O2/c18-15-14(13(25)7-10-2-1-5-20-8-10)16(23-17(19)22-15)21-12-4-3-11(6-12)9-24/h1-2,5,7-8,11-12,24-25H,3-4,6,9H2,(H3,19,21,22,23)/b13-7-. The number of aliphatic hydroxyl groups excluding tert-OH is 2. The number of pyridine rings is 1. The Balaban J connectivity index is 1.91. The van der Waals surface area contributed by atoms with Crippen molar-refractivity contribution in [2.24, 2.45) is 5.92 Å². The fraction of sp³-hybridized carbons (Fsp3) is 0.353. The normalized spacial score (nSPS) is 20.6. The van der Waals surface area contributed by atoms with Gasteiger partial charge in [-0.3, -0.25) is 4.98 Å². The first-order valence-corrected chi connectivity index (χ1v) is 8.46. The third-order valence-corrected chi connectivity index (χ3v) is 4.54. The lowest BCUT2D eigenvalue weighted by Gasteiger charge is -2.17. The van der Waals surface area contributed by atoms with E-state index in [1.165, 1.54) is 0 Å². The van der Waals surface area contributed by atoms with E-state index in [1.54, 1.807) is 24.5 Å². The molecule has 2 heterocycles. The van der Waals surface area contributed by atoms with Gasteiger partial charge >= 0.3 is 0 Å². The number of anilines is 2. The smallest absolute Gasteiger partial charge is 0.223 e. The van der Waals surface area contributed by atoms with E-state index >= 15 is 0 Å². The van der Waals surface area contributed by atoms with Crippen LogP contribution in [0.2, 0.25) is 5.15 Å². The van der Waals surface area contributed by atoms with Crippen LogP contribution in [0.3, 0.4) is 0 Å². The molecule has 0 aliphatic heterocycles. The Hall–Kier alpha value is -2.38. The molecular weight excluding hydrogens is 342 g/mol. The second-order valence-electron chi connectivity index (χ2n) is 6.12. The van der Waals surface area contributed by atoms with Crippen LogP contribution in [0, 0.1) is 5.92 Å². The van der Waals surface area contributed by atoms with E-state index in [1.807, 2.05) is 6.07 Å². The van der Waals surface area contributed by atoms with Gasteiger partial charge < -0.3 is 21.3 Å². The summed E-state index contributed by atoms with van der Waals surface area (Å²) in [5.41, 5.74) is 6.73. The second-order valence-corrected chi connectivity index (χ2v) is 6.47. The van der Waals surface area contributed by atoms with E-state index in [9.17, 15) is 10.2 Å². The van der Waals surface area contributed by atoms with Crippen LogP contribution < -0.4 is 11.1 Å². The first-order valence-electron chi connectivity index (χ1n) is 8.08. The maximum absolute atomic E-state index is 10.5. The second kappa shape index (κ2) is 7.67. The molecule has 0 radical (unpaired) electrons. The van der Waals surface area contributed by atoms with Crippen molar-refractivity contribution in [2.75, 3.05) is 17.7 Å². The molecule has 0 spiro atoms. The Morgan fingerprint density at radius 1 is 1.40 bits per heavy atom. The lowest BCUT2D eigenvalue weighted by Crippen LogP contribution is -2.19. The number of hydrogen-bond donors (Lipinski definition) is 4. The molecule has 25 heavy (non-hydrogen) atoms. The fourth-order valence-electron chi connectivity index (χ4n) is 3.04. The van der Waals surface area contributed by atoms with Crippen LogP contribution in [0.4, 0.5) is 11.8 Å². The highest BCUT2D eigenvalue weighted by molar-refractivity contribution is 6.31. The minimum absolute atomic E-state index is 0.0298. The number of rotatable bonds is 5. The summed E-state index contributed by atoms with van der Waals surface area (Å²) in [6.07, 6.45) is 7.49. The summed E-state index contributed by atoms with van der Waals surface area (Å²) in [5.74, 6) is 0.619. The largest absolute Gasteiger partial charge is 0.507 e. The summed E-state index contributed by atoms with van der Waals surface area (Å²) in [7, 11) is 0. The summed E-state index contributed by atoms with van der Waals surface area (Å²) in [6, 6.07) is 3.71. The number of hydrogen-bond acceptors (Lipinski definition) is 7. The van der Waals surface area contributed by atoms with Crippen LogP contribution in [0.15, 0.2) is 24.5 Å². The van der Waals surface area contributed by atoms with Crippen molar-refractivity contribution < 1.29 is 10.2 Å². The Kier molecular flexibility index (Phi) is 5.35. The number of nitrogens with zero attached hydrogens (tertiary/aromatic N) is 3. The highest BCUT2D eigenvalue weighted by atomic mass is 35.5. The van der Waals surface area contributed by atoms with E-state index in [4.69, 9.17) is 17.3 Å². The van der Waals surface area contributed by atoms with Crippen LogP contribution in [-0.4, -0.2) is 37.8 Å². The lowest BCUT2D eigenvalue weighted by molar-refractivity contribution is 0.229. The van der Waals surface area contributed by atoms with Gasteiger partial charge in [0.05, 0.1) is 5.56 Å². The van der Waals surface area contributed by atoms with Gasteiger partial charge in [-0.05, 0) is 42.9 Å². The average Bonchev–Trinajstić information content (AvgIpc) is 3.02. The molecule has 1 aliphatic carbocycles. The monoisotopic (exact) mass is 361 g/mol. The van der Waals surface area contributed by atoms with Crippen molar-refractivity contribution in [1.29, 1.82) is 0 Å². The molecule has 0 bridgehead atoms. The van der Waals surface area contributed by atoms with Crippen molar-refractivity contribution in [3.05, 3.63) is 40.8 Å². The number of halogens is 1. The highest BCUT2D eigenvalue weighted by Crippen LogP contribution is 2.33. The van der Waals surface area contributed by atoms with Crippen molar-refractivity contribution in [1.82, 2.24) is 15.0 Å². The van der Waals surface area contributed by atoms with E-state index in [2.05, 4.69) is 20.3 Å². The molecule has 1 aliphatic rings. The summed E-state index contributed by atoms with van der Waals surface area (Å²) in [4.78, 5) is 12.2. The first kappa shape index (κ1) is 17.4. The molecule has 1 fully saturated rings. The maximum atomic E-state index is 10.5. The number of nitrogens with one attached hydrogen (secondary N) is 1.